The number of thiazole rings is 1. The Labute approximate surface area is 104 Å². The van der Waals surface area contributed by atoms with Gasteiger partial charge in [0.1, 0.15) is 11.9 Å². The third-order valence-electron chi connectivity index (χ3n) is 2.88. The van der Waals surface area contributed by atoms with E-state index in [1.54, 1.807) is 11.3 Å². The zero-order valence-electron chi connectivity index (χ0n) is 9.43. The van der Waals surface area contributed by atoms with Crippen molar-refractivity contribution in [2.75, 3.05) is 6.54 Å². The van der Waals surface area contributed by atoms with E-state index in [9.17, 15) is 0 Å². The van der Waals surface area contributed by atoms with Crippen LogP contribution in [-0.2, 0) is 13.0 Å². The molecule has 0 saturated heterocycles. The Hall–Kier alpha value is -1.39. The van der Waals surface area contributed by atoms with E-state index < -0.39 is 0 Å². The molecule has 3 rings (SSSR count). The molecule has 1 aliphatic heterocycles. The quantitative estimate of drug-likeness (QED) is 0.898. The van der Waals surface area contributed by atoms with Crippen molar-refractivity contribution in [1.29, 1.82) is 0 Å². The molecule has 1 aromatic heterocycles. The Balaban J connectivity index is 1.49. The number of benzene rings is 1. The summed E-state index contributed by atoms with van der Waals surface area (Å²) in [5, 5.41) is 5.45. The molecule has 1 atom stereocenters. The standard InChI is InChI=1S/C13H14N2OS/c1-2-4-13-10(3-1)5-12(16-13)7-14-6-11-8-17-9-15-11/h1-4,8-9,12,14H,5-7H2. The number of rotatable bonds is 4. The summed E-state index contributed by atoms with van der Waals surface area (Å²) in [5.41, 5.74) is 4.28. The first-order valence-corrected chi connectivity index (χ1v) is 6.68. The first-order valence-electron chi connectivity index (χ1n) is 5.74. The lowest BCUT2D eigenvalue weighted by Gasteiger charge is -2.10. The van der Waals surface area contributed by atoms with Crippen LogP contribution < -0.4 is 10.1 Å². The van der Waals surface area contributed by atoms with E-state index in [4.69, 9.17) is 4.74 Å². The van der Waals surface area contributed by atoms with Crippen molar-refractivity contribution in [3.05, 3.63) is 46.4 Å². The average molecular weight is 246 g/mol. The predicted octanol–water partition coefficient (Wildman–Crippen LogP) is 2.24. The number of fused-ring (bicyclic) bond motifs is 1. The highest BCUT2D eigenvalue weighted by Crippen LogP contribution is 2.27. The molecule has 2 heterocycles. The third-order valence-corrected chi connectivity index (χ3v) is 3.51. The van der Waals surface area contributed by atoms with E-state index >= 15 is 0 Å². The summed E-state index contributed by atoms with van der Waals surface area (Å²) in [5.74, 6) is 1.04. The van der Waals surface area contributed by atoms with Crippen molar-refractivity contribution in [3.63, 3.8) is 0 Å². The van der Waals surface area contributed by atoms with Crippen LogP contribution in [0.2, 0.25) is 0 Å². The summed E-state index contributed by atoms with van der Waals surface area (Å²) >= 11 is 1.63. The molecule has 0 saturated carbocycles. The van der Waals surface area contributed by atoms with Crippen molar-refractivity contribution in [2.45, 2.75) is 19.1 Å². The van der Waals surface area contributed by atoms with Gasteiger partial charge in [-0.3, -0.25) is 0 Å². The van der Waals surface area contributed by atoms with Crippen molar-refractivity contribution in [3.8, 4) is 5.75 Å². The fourth-order valence-corrected chi connectivity index (χ4v) is 2.61. The molecule has 0 fully saturated rings. The zero-order valence-corrected chi connectivity index (χ0v) is 10.2. The lowest BCUT2D eigenvalue weighted by Crippen LogP contribution is -2.29. The van der Waals surface area contributed by atoms with Crippen LogP contribution >= 0.6 is 11.3 Å². The molecule has 17 heavy (non-hydrogen) atoms. The van der Waals surface area contributed by atoms with Crippen LogP contribution in [-0.4, -0.2) is 17.6 Å². The molecule has 0 radical (unpaired) electrons. The Morgan fingerprint density at radius 1 is 1.41 bits per heavy atom. The van der Waals surface area contributed by atoms with E-state index in [-0.39, 0.29) is 6.10 Å². The summed E-state index contributed by atoms with van der Waals surface area (Å²) in [7, 11) is 0. The van der Waals surface area contributed by atoms with E-state index in [1.165, 1.54) is 5.56 Å². The minimum Gasteiger partial charge on any atom is -0.488 e. The fourth-order valence-electron chi connectivity index (χ4n) is 2.05. The van der Waals surface area contributed by atoms with Gasteiger partial charge in [0.15, 0.2) is 0 Å². The minimum atomic E-state index is 0.256. The van der Waals surface area contributed by atoms with Crippen LogP contribution in [0.15, 0.2) is 35.2 Å². The van der Waals surface area contributed by atoms with Gasteiger partial charge in [0.2, 0.25) is 0 Å². The van der Waals surface area contributed by atoms with Crippen LogP contribution in [0.5, 0.6) is 5.75 Å². The zero-order chi connectivity index (χ0) is 11.5. The number of hydrogen-bond acceptors (Lipinski definition) is 4. The van der Waals surface area contributed by atoms with Gasteiger partial charge >= 0.3 is 0 Å². The van der Waals surface area contributed by atoms with Crippen molar-refractivity contribution in [2.24, 2.45) is 0 Å². The van der Waals surface area contributed by atoms with Crippen LogP contribution in [0.3, 0.4) is 0 Å². The SMILES string of the molecule is c1ccc2c(c1)CC(CNCc1cscn1)O2. The number of para-hydroxylation sites is 1. The summed E-state index contributed by atoms with van der Waals surface area (Å²) in [6.45, 7) is 1.69. The van der Waals surface area contributed by atoms with Crippen LogP contribution in [0, 0.1) is 0 Å². The summed E-state index contributed by atoms with van der Waals surface area (Å²) in [6, 6.07) is 8.25. The van der Waals surface area contributed by atoms with Gasteiger partial charge in [-0.25, -0.2) is 4.98 Å². The topological polar surface area (TPSA) is 34.2 Å². The molecule has 1 N–H and O–H groups in total. The number of aromatic nitrogens is 1. The smallest absolute Gasteiger partial charge is 0.123 e. The maximum Gasteiger partial charge on any atom is 0.123 e. The van der Waals surface area contributed by atoms with Crippen LogP contribution in [0.1, 0.15) is 11.3 Å². The normalized spacial score (nSPS) is 17.8. The summed E-state index contributed by atoms with van der Waals surface area (Å²) < 4.78 is 5.85. The molecule has 88 valence electrons. The second kappa shape index (κ2) is 4.85. The Morgan fingerprint density at radius 2 is 2.35 bits per heavy atom. The minimum absolute atomic E-state index is 0.256. The second-order valence-electron chi connectivity index (χ2n) is 4.16. The van der Waals surface area contributed by atoms with Crippen molar-refractivity contribution < 1.29 is 4.74 Å². The lowest BCUT2D eigenvalue weighted by atomic mass is 10.1. The fraction of sp³-hybridized carbons (Fsp3) is 0.308. The van der Waals surface area contributed by atoms with Gasteiger partial charge in [-0.15, -0.1) is 11.3 Å². The molecule has 0 aliphatic carbocycles. The Kier molecular flexibility index (Phi) is 3.07. The molecule has 1 unspecified atom stereocenters. The number of ether oxygens (including phenoxy) is 1. The van der Waals surface area contributed by atoms with Crippen molar-refractivity contribution >= 4 is 11.3 Å². The van der Waals surface area contributed by atoms with E-state index in [2.05, 4.69) is 27.8 Å². The van der Waals surface area contributed by atoms with Crippen LogP contribution in [0.4, 0.5) is 0 Å². The van der Waals surface area contributed by atoms with Crippen LogP contribution in [0.25, 0.3) is 0 Å². The number of nitrogens with one attached hydrogen (secondary N) is 1. The third kappa shape index (κ3) is 2.48. The van der Waals surface area contributed by atoms with Gasteiger partial charge in [-0.2, -0.15) is 0 Å². The molecule has 4 heteroatoms. The molecule has 1 aromatic carbocycles. The second-order valence-corrected chi connectivity index (χ2v) is 4.88. The maximum atomic E-state index is 5.85. The Bertz CT molecular complexity index is 459. The highest BCUT2D eigenvalue weighted by atomic mass is 32.1. The summed E-state index contributed by atoms with van der Waals surface area (Å²) in [4.78, 5) is 4.24. The highest BCUT2D eigenvalue weighted by Gasteiger charge is 2.21. The molecule has 1 aliphatic rings. The summed E-state index contributed by atoms with van der Waals surface area (Å²) in [6.07, 6.45) is 1.26. The van der Waals surface area contributed by atoms with E-state index in [0.717, 1.165) is 31.0 Å². The van der Waals surface area contributed by atoms with Gasteiger partial charge < -0.3 is 10.1 Å². The first-order chi connectivity index (χ1) is 8.42. The number of nitrogens with zero attached hydrogens (tertiary/aromatic N) is 1. The van der Waals surface area contributed by atoms with Crippen molar-refractivity contribution in [1.82, 2.24) is 10.3 Å². The van der Waals surface area contributed by atoms with E-state index in [1.807, 2.05) is 17.6 Å². The lowest BCUT2D eigenvalue weighted by molar-refractivity contribution is 0.227. The number of hydrogen-bond donors (Lipinski definition) is 1. The maximum absolute atomic E-state index is 5.85. The highest BCUT2D eigenvalue weighted by molar-refractivity contribution is 7.07. The van der Waals surface area contributed by atoms with Gasteiger partial charge in [0.25, 0.3) is 0 Å². The molecule has 3 nitrogen and oxygen atoms in total. The molecule has 0 amide bonds. The van der Waals surface area contributed by atoms with Gasteiger partial charge in [-0.05, 0) is 11.6 Å². The largest absolute Gasteiger partial charge is 0.488 e. The monoisotopic (exact) mass is 246 g/mol. The van der Waals surface area contributed by atoms with E-state index in [0.29, 0.717) is 0 Å². The van der Waals surface area contributed by atoms with Gasteiger partial charge in [-0.1, -0.05) is 18.2 Å². The Morgan fingerprint density at radius 3 is 3.18 bits per heavy atom. The molecule has 0 spiro atoms. The van der Waals surface area contributed by atoms with Gasteiger partial charge in [0, 0.05) is 24.9 Å². The van der Waals surface area contributed by atoms with Gasteiger partial charge in [0.05, 0.1) is 11.2 Å². The molecule has 2 aromatic rings. The molecule has 0 bridgehead atoms. The first kappa shape index (κ1) is 10.7. The predicted molar refractivity (Wildman–Crippen MR) is 68.4 cm³/mol. The average Bonchev–Trinajstić information content (AvgIpc) is 2.96. The molecular formula is C13H14N2OS. The molecular weight excluding hydrogens is 232 g/mol.